The van der Waals surface area contributed by atoms with E-state index in [2.05, 4.69) is 0 Å². The molecule has 23 heavy (non-hydrogen) atoms. The van der Waals surface area contributed by atoms with Gasteiger partial charge in [0.1, 0.15) is 0 Å². The monoisotopic (exact) mass is 383 g/mol. The Labute approximate surface area is 138 Å². The first-order chi connectivity index (χ1) is 11.0. The van der Waals surface area contributed by atoms with Gasteiger partial charge in [0.2, 0.25) is 0 Å². The van der Waals surface area contributed by atoms with Crippen LogP contribution in [0.4, 0.5) is 5.69 Å². The first-order valence-corrected chi connectivity index (χ1v) is 9.48. The summed E-state index contributed by atoms with van der Waals surface area (Å²) in [6.07, 6.45) is 0.478. The van der Waals surface area contributed by atoms with E-state index in [1.54, 1.807) is 7.11 Å². The summed E-state index contributed by atoms with van der Waals surface area (Å²) >= 11 is -2.52. The molecular formula is C16H17NO5Se. The summed E-state index contributed by atoms with van der Waals surface area (Å²) < 4.78 is 18.3. The van der Waals surface area contributed by atoms with Gasteiger partial charge in [-0.3, -0.25) is 0 Å². The van der Waals surface area contributed by atoms with Crippen LogP contribution in [-0.4, -0.2) is 37.6 Å². The molecular weight excluding hydrogens is 365 g/mol. The second-order valence-corrected chi connectivity index (χ2v) is 8.54. The Morgan fingerprint density at radius 1 is 1.17 bits per heavy atom. The molecule has 0 spiro atoms. The van der Waals surface area contributed by atoms with Crippen LogP contribution in [0.25, 0.3) is 0 Å². The van der Waals surface area contributed by atoms with Gasteiger partial charge in [0.25, 0.3) is 0 Å². The van der Waals surface area contributed by atoms with Crippen LogP contribution in [0.3, 0.4) is 0 Å². The van der Waals surface area contributed by atoms with Crippen molar-refractivity contribution in [3.63, 3.8) is 0 Å². The summed E-state index contributed by atoms with van der Waals surface area (Å²) in [5.41, 5.74) is 0.916. The summed E-state index contributed by atoms with van der Waals surface area (Å²) in [6, 6.07) is 13.1. The van der Waals surface area contributed by atoms with E-state index in [4.69, 9.17) is 4.74 Å². The van der Waals surface area contributed by atoms with Crippen molar-refractivity contribution < 1.29 is 18.6 Å². The van der Waals surface area contributed by atoms with Crippen molar-refractivity contribution in [2.45, 2.75) is 11.2 Å². The standard InChI is InChI=1S/C16H17NO5Se/c1-22-14-6-2-12(3-7-14)10-16(11-18)23(21)15-8-4-13(5-9-15)17(19)20/h2-9,16,18H,10-11H2,1H3. The van der Waals surface area contributed by atoms with Crippen LogP contribution in [0.2, 0.25) is 4.82 Å². The minimum absolute atomic E-state index is 0.0387. The van der Waals surface area contributed by atoms with Gasteiger partial charge in [0.05, 0.1) is 0 Å². The van der Waals surface area contributed by atoms with Gasteiger partial charge in [-0.25, -0.2) is 0 Å². The van der Waals surface area contributed by atoms with Crippen molar-refractivity contribution in [1.29, 1.82) is 0 Å². The number of nitrogens with zero attached hydrogens (tertiary/aromatic N) is 1. The Morgan fingerprint density at radius 3 is 2.26 bits per heavy atom. The van der Waals surface area contributed by atoms with Crippen molar-refractivity contribution in [3.05, 3.63) is 64.2 Å². The van der Waals surface area contributed by atoms with Crippen molar-refractivity contribution in [1.82, 2.24) is 0 Å². The molecule has 0 amide bonds. The number of rotatable bonds is 7. The van der Waals surface area contributed by atoms with Crippen LogP contribution in [0.15, 0.2) is 48.5 Å². The Balaban J connectivity index is 2.12. The average Bonchev–Trinajstić information content (AvgIpc) is 2.59. The average molecular weight is 382 g/mol. The molecule has 1 N–H and O–H groups in total. The molecule has 0 aromatic heterocycles. The minimum atomic E-state index is -2.52. The van der Waals surface area contributed by atoms with E-state index in [-0.39, 0.29) is 17.1 Å². The van der Waals surface area contributed by atoms with Gasteiger partial charge in [-0.05, 0) is 0 Å². The van der Waals surface area contributed by atoms with E-state index in [1.165, 1.54) is 24.3 Å². The van der Waals surface area contributed by atoms with E-state index >= 15 is 0 Å². The zero-order valence-corrected chi connectivity index (χ0v) is 14.3. The fraction of sp³-hybridized carbons (Fsp3) is 0.250. The van der Waals surface area contributed by atoms with Gasteiger partial charge >= 0.3 is 137 Å². The second kappa shape index (κ2) is 7.97. The first kappa shape index (κ1) is 17.3. The molecule has 2 aromatic rings. The second-order valence-electron chi connectivity index (χ2n) is 4.91. The fourth-order valence-corrected chi connectivity index (χ4v) is 4.79. The molecule has 0 saturated heterocycles. The summed E-state index contributed by atoms with van der Waals surface area (Å²) in [7, 11) is 1.58. The molecule has 0 aliphatic rings. The van der Waals surface area contributed by atoms with Crippen LogP contribution < -0.4 is 9.20 Å². The molecule has 7 heteroatoms. The van der Waals surface area contributed by atoms with E-state index < -0.39 is 18.8 Å². The van der Waals surface area contributed by atoms with Crippen molar-refractivity contribution >= 4 is 24.0 Å². The van der Waals surface area contributed by atoms with Gasteiger partial charge in [-0.15, -0.1) is 0 Å². The fourth-order valence-electron chi connectivity index (χ4n) is 2.13. The Bertz CT molecular complexity index is 685. The van der Waals surface area contributed by atoms with Gasteiger partial charge in [0.15, 0.2) is 0 Å². The van der Waals surface area contributed by atoms with Crippen molar-refractivity contribution in [3.8, 4) is 5.75 Å². The molecule has 0 aliphatic carbocycles. The molecule has 122 valence electrons. The number of hydrogen-bond donors (Lipinski definition) is 1. The van der Waals surface area contributed by atoms with Crippen molar-refractivity contribution in [2.24, 2.45) is 0 Å². The third-order valence-electron chi connectivity index (χ3n) is 3.41. The number of benzene rings is 2. The quantitative estimate of drug-likeness (QED) is 0.448. The number of non-ortho nitro benzene ring substituents is 1. The van der Waals surface area contributed by atoms with E-state index in [9.17, 15) is 19.1 Å². The van der Waals surface area contributed by atoms with Crippen LogP contribution >= 0.6 is 0 Å². The summed E-state index contributed by atoms with van der Waals surface area (Å²) in [6.45, 7) is -0.197. The maximum atomic E-state index is 12.6. The van der Waals surface area contributed by atoms with E-state index in [1.807, 2.05) is 24.3 Å². The van der Waals surface area contributed by atoms with Gasteiger partial charge in [-0.2, -0.15) is 0 Å². The number of aliphatic hydroxyl groups excluding tert-OH is 1. The molecule has 2 unspecified atom stereocenters. The zero-order valence-electron chi connectivity index (χ0n) is 12.5. The molecule has 0 fully saturated rings. The Morgan fingerprint density at radius 2 is 1.78 bits per heavy atom. The van der Waals surface area contributed by atoms with Crippen LogP contribution in [-0.2, 0) is 10.3 Å². The number of nitro benzene ring substituents is 1. The van der Waals surface area contributed by atoms with Gasteiger partial charge < -0.3 is 0 Å². The van der Waals surface area contributed by atoms with E-state index in [0.29, 0.717) is 10.9 Å². The molecule has 2 rings (SSSR count). The summed E-state index contributed by atoms with van der Waals surface area (Å²) in [5, 5.41) is 20.2. The number of nitro groups is 1. The predicted octanol–water partition coefficient (Wildman–Crippen LogP) is 1.84. The van der Waals surface area contributed by atoms with E-state index in [0.717, 1.165) is 11.3 Å². The maximum absolute atomic E-state index is 12.6. The number of methoxy groups -OCH3 is 1. The van der Waals surface area contributed by atoms with Crippen molar-refractivity contribution in [2.75, 3.05) is 13.7 Å². The van der Waals surface area contributed by atoms with Gasteiger partial charge in [0, 0.05) is 0 Å². The zero-order chi connectivity index (χ0) is 16.8. The first-order valence-electron chi connectivity index (χ1n) is 6.94. The van der Waals surface area contributed by atoms with Crippen LogP contribution in [0, 0.1) is 10.1 Å². The molecule has 0 aliphatic heterocycles. The number of ether oxygens (including phenoxy) is 1. The molecule has 6 nitrogen and oxygen atoms in total. The third-order valence-corrected chi connectivity index (χ3v) is 6.89. The summed E-state index contributed by atoms with van der Waals surface area (Å²) in [5.74, 6) is 0.736. The predicted molar refractivity (Wildman–Crippen MR) is 86.7 cm³/mol. The van der Waals surface area contributed by atoms with Crippen LogP contribution in [0.5, 0.6) is 5.75 Å². The molecule has 0 heterocycles. The third kappa shape index (κ3) is 4.45. The Kier molecular flexibility index (Phi) is 5.98. The molecule has 0 bridgehead atoms. The molecule has 0 saturated carbocycles. The SMILES string of the molecule is COc1ccc(CC(CO)[Se](=O)c2ccc([N+](=O)[O-])cc2)cc1. The van der Waals surface area contributed by atoms with Gasteiger partial charge in [-0.1, -0.05) is 0 Å². The molecule has 2 atom stereocenters. The number of aliphatic hydroxyl groups is 1. The molecule has 2 aromatic carbocycles. The Hall–Kier alpha value is -2.08. The topological polar surface area (TPSA) is 89.7 Å². The molecule has 0 radical (unpaired) electrons. The normalized spacial score (nSPS) is 13.3. The summed E-state index contributed by atoms with van der Waals surface area (Å²) in [4.78, 5) is 9.77. The number of hydrogen-bond acceptors (Lipinski definition) is 5. The van der Waals surface area contributed by atoms with Crippen LogP contribution in [0.1, 0.15) is 5.56 Å².